The van der Waals surface area contributed by atoms with Crippen molar-refractivity contribution in [3.05, 3.63) is 69.3 Å². The number of amides is 2. The van der Waals surface area contributed by atoms with Crippen LogP contribution in [0.3, 0.4) is 0 Å². The Hall–Kier alpha value is -3.95. The third kappa shape index (κ3) is 5.02. The van der Waals surface area contributed by atoms with E-state index in [4.69, 9.17) is 9.47 Å². The predicted molar refractivity (Wildman–Crippen MR) is 114 cm³/mol. The number of carbonyl (C=O) groups is 3. The lowest BCUT2D eigenvalue weighted by Crippen LogP contribution is -2.50. The van der Waals surface area contributed by atoms with Gasteiger partial charge in [0.05, 0.1) is 24.2 Å². The first-order chi connectivity index (χ1) is 15.3. The summed E-state index contributed by atoms with van der Waals surface area (Å²) in [6.45, 7) is 2.85. The predicted octanol–water partition coefficient (Wildman–Crippen LogP) is 2.38. The van der Waals surface area contributed by atoms with E-state index in [0.29, 0.717) is 24.4 Å². The highest BCUT2D eigenvalue weighted by atomic mass is 16.6. The van der Waals surface area contributed by atoms with Gasteiger partial charge in [-0.15, -0.1) is 0 Å². The number of hydrogen-bond donors (Lipinski definition) is 0. The quantitative estimate of drug-likeness (QED) is 0.383. The van der Waals surface area contributed by atoms with Crippen LogP contribution in [-0.2, 0) is 4.74 Å². The molecule has 1 aliphatic rings. The van der Waals surface area contributed by atoms with Crippen molar-refractivity contribution in [3.63, 3.8) is 0 Å². The molecule has 0 radical (unpaired) electrons. The standard InChI is InChI=1S/C22H23N3O7/c1-3-32-22(28)17-11-16(12-18(13-17)25(29)30)21(27)24-9-7-23(8-10-24)20(26)15-5-4-6-19(14-15)31-2/h4-6,11-14H,3,7-10H2,1-2H3. The molecule has 0 bridgehead atoms. The fourth-order valence-corrected chi connectivity index (χ4v) is 3.41. The average molecular weight is 441 g/mol. The van der Waals surface area contributed by atoms with Gasteiger partial charge in [-0.05, 0) is 31.2 Å². The molecule has 0 aliphatic carbocycles. The van der Waals surface area contributed by atoms with Crippen molar-refractivity contribution >= 4 is 23.5 Å². The summed E-state index contributed by atoms with van der Waals surface area (Å²) in [5.41, 5.74) is 0.0821. The Bertz CT molecular complexity index is 1050. The molecular formula is C22H23N3O7. The van der Waals surface area contributed by atoms with Crippen LogP contribution >= 0.6 is 0 Å². The smallest absolute Gasteiger partial charge is 0.338 e. The minimum atomic E-state index is -0.737. The largest absolute Gasteiger partial charge is 0.497 e. The third-order valence-electron chi connectivity index (χ3n) is 5.06. The molecule has 10 heteroatoms. The number of piperazine rings is 1. The lowest BCUT2D eigenvalue weighted by atomic mass is 10.1. The van der Waals surface area contributed by atoms with Crippen LogP contribution in [0.15, 0.2) is 42.5 Å². The Morgan fingerprint density at radius 1 is 0.938 bits per heavy atom. The van der Waals surface area contributed by atoms with Crippen LogP contribution in [0.25, 0.3) is 0 Å². The van der Waals surface area contributed by atoms with Gasteiger partial charge in [0.25, 0.3) is 17.5 Å². The highest BCUT2D eigenvalue weighted by Crippen LogP contribution is 2.21. The maximum atomic E-state index is 13.0. The van der Waals surface area contributed by atoms with Crippen molar-refractivity contribution in [3.8, 4) is 5.75 Å². The van der Waals surface area contributed by atoms with Crippen LogP contribution in [0.2, 0.25) is 0 Å². The summed E-state index contributed by atoms with van der Waals surface area (Å²) in [5.74, 6) is -0.782. The van der Waals surface area contributed by atoms with Crippen molar-refractivity contribution in [2.75, 3.05) is 39.9 Å². The molecule has 32 heavy (non-hydrogen) atoms. The average Bonchev–Trinajstić information content (AvgIpc) is 2.83. The molecule has 0 spiro atoms. The summed E-state index contributed by atoms with van der Waals surface area (Å²) in [5, 5.41) is 11.3. The fraction of sp³-hybridized carbons (Fsp3) is 0.318. The number of nitrogens with zero attached hydrogens (tertiary/aromatic N) is 3. The van der Waals surface area contributed by atoms with E-state index >= 15 is 0 Å². The zero-order valence-electron chi connectivity index (χ0n) is 17.8. The number of rotatable bonds is 6. The molecule has 1 aliphatic heterocycles. The fourth-order valence-electron chi connectivity index (χ4n) is 3.41. The molecule has 0 atom stereocenters. The van der Waals surface area contributed by atoms with Crippen molar-refractivity contribution in [1.29, 1.82) is 0 Å². The monoisotopic (exact) mass is 441 g/mol. The van der Waals surface area contributed by atoms with Crippen LogP contribution in [0.5, 0.6) is 5.75 Å². The number of methoxy groups -OCH3 is 1. The Balaban J connectivity index is 1.72. The molecule has 3 rings (SSSR count). The maximum absolute atomic E-state index is 13.0. The van der Waals surface area contributed by atoms with Gasteiger partial charge in [0.1, 0.15) is 5.75 Å². The topological polar surface area (TPSA) is 119 Å². The Morgan fingerprint density at radius 2 is 1.53 bits per heavy atom. The molecule has 2 aromatic carbocycles. The molecule has 1 fully saturated rings. The van der Waals surface area contributed by atoms with Gasteiger partial charge in [-0.3, -0.25) is 19.7 Å². The van der Waals surface area contributed by atoms with E-state index in [0.717, 1.165) is 12.1 Å². The molecule has 0 N–H and O–H groups in total. The van der Waals surface area contributed by atoms with Gasteiger partial charge in [0.15, 0.2) is 0 Å². The Labute approximate surface area is 184 Å². The van der Waals surface area contributed by atoms with Gasteiger partial charge in [0.2, 0.25) is 0 Å². The van der Waals surface area contributed by atoms with E-state index < -0.39 is 16.8 Å². The summed E-state index contributed by atoms with van der Waals surface area (Å²) in [7, 11) is 1.52. The molecule has 1 heterocycles. The Kier molecular flexibility index (Phi) is 7.04. The number of carbonyl (C=O) groups excluding carboxylic acids is 3. The van der Waals surface area contributed by atoms with Gasteiger partial charge in [0, 0.05) is 49.4 Å². The van der Waals surface area contributed by atoms with E-state index in [9.17, 15) is 24.5 Å². The third-order valence-corrected chi connectivity index (χ3v) is 5.06. The maximum Gasteiger partial charge on any atom is 0.338 e. The first kappa shape index (κ1) is 22.7. The number of ether oxygens (including phenoxy) is 2. The number of esters is 1. The lowest BCUT2D eigenvalue weighted by Gasteiger charge is -2.35. The molecule has 2 amide bonds. The van der Waals surface area contributed by atoms with E-state index in [1.807, 2.05) is 0 Å². The number of nitro groups is 1. The van der Waals surface area contributed by atoms with E-state index in [2.05, 4.69) is 0 Å². The van der Waals surface area contributed by atoms with Crippen LogP contribution in [0, 0.1) is 10.1 Å². The molecule has 0 aromatic heterocycles. The van der Waals surface area contributed by atoms with Gasteiger partial charge >= 0.3 is 5.97 Å². The molecule has 168 valence electrons. The summed E-state index contributed by atoms with van der Waals surface area (Å²) < 4.78 is 10.1. The first-order valence-corrected chi connectivity index (χ1v) is 10.0. The molecule has 0 saturated carbocycles. The number of nitro benzene ring substituents is 1. The van der Waals surface area contributed by atoms with Crippen molar-refractivity contribution < 1.29 is 28.8 Å². The highest BCUT2D eigenvalue weighted by Gasteiger charge is 2.27. The number of hydrogen-bond acceptors (Lipinski definition) is 7. The van der Waals surface area contributed by atoms with Gasteiger partial charge in [-0.25, -0.2) is 4.79 Å². The zero-order chi connectivity index (χ0) is 23.3. The van der Waals surface area contributed by atoms with Crippen LogP contribution < -0.4 is 4.74 Å². The number of non-ortho nitro benzene ring substituents is 1. The van der Waals surface area contributed by atoms with Crippen LogP contribution in [-0.4, -0.2) is 72.4 Å². The van der Waals surface area contributed by atoms with E-state index in [-0.39, 0.29) is 42.4 Å². The van der Waals surface area contributed by atoms with E-state index in [1.54, 1.807) is 36.1 Å². The minimum absolute atomic E-state index is 0.0230. The van der Waals surface area contributed by atoms with Crippen LogP contribution in [0.1, 0.15) is 38.0 Å². The zero-order valence-corrected chi connectivity index (χ0v) is 17.8. The van der Waals surface area contributed by atoms with Crippen molar-refractivity contribution in [1.82, 2.24) is 9.80 Å². The van der Waals surface area contributed by atoms with Crippen molar-refractivity contribution in [2.24, 2.45) is 0 Å². The minimum Gasteiger partial charge on any atom is -0.497 e. The molecule has 10 nitrogen and oxygen atoms in total. The first-order valence-electron chi connectivity index (χ1n) is 10.0. The second kappa shape index (κ2) is 9.90. The van der Waals surface area contributed by atoms with Crippen molar-refractivity contribution in [2.45, 2.75) is 6.92 Å². The lowest BCUT2D eigenvalue weighted by molar-refractivity contribution is -0.384. The van der Waals surface area contributed by atoms with E-state index in [1.165, 1.54) is 18.1 Å². The summed E-state index contributed by atoms with van der Waals surface area (Å²) >= 11 is 0. The summed E-state index contributed by atoms with van der Waals surface area (Å²) in [6.07, 6.45) is 0. The van der Waals surface area contributed by atoms with Crippen LogP contribution in [0.4, 0.5) is 5.69 Å². The number of benzene rings is 2. The van der Waals surface area contributed by atoms with Gasteiger partial charge in [-0.1, -0.05) is 6.07 Å². The molecule has 1 saturated heterocycles. The molecule has 0 unspecified atom stereocenters. The molecule has 2 aromatic rings. The summed E-state index contributed by atoms with van der Waals surface area (Å²) in [4.78, 5) is 51.5. The molecular weight excluding hydrogens is 418 g/mol. The second-order valence-corrected chi connectivity index (χ2v) is 7.06. The SMILES string of the molecule is CCOC(=O)c1cc(C(=O)N2CCN(C(=O)c3cccc(OC)c3)CC2)cc([N+](=O)[O-])c1. The second-order valence-electron chi connectivity index (χ2n) is 7.06. The summed E-state index contributed by atoms with van der Waals surface area (Å²) in [6, 6.07) is 10.3. The Morgan fingerprint density at radius 3 is 2.09 bits per heavy atom. The highest BCUT2D eigenvalue weighted by molar-refractivity contribution is 5.99. The normalized spacial score (nSPS) is 13.4. The van der Waals surface area contributed by atoms with Gasteiger partial charge in [-0.2, -0.15) is 0 Å². The van der Waals surface area contributed by atoms with Gasteiger partial charge < -0.3 is 19.3 Å².